The molecule has 102 valence electrons. The zero-order valence-corrected chi connectivity index (χ0v) is 10.7. The first-order chi connectivity index (χ1) is 8.86. The van der Waals surface area contributed by atoms with Crippen molar-refractivity contribution in [2.75, 3.05) is 6.26 Å². The molecular formula is C10H11N3O5S. The van der Waals surface area contributed by atoms with E-state index in [0.717, 1.165) is 0 Å². The van der Waals surface area contributed by atoms with E-state index in [1.54, 1.807) is 18.2 Å². The van der Waals surface area contributed by atoms with E-state index >= 15 is 0 Å². The zero-order chi connectivity index (χ0) is 14.5. The Hall–Kier alpha value is -2.09. The molecule has 0 radical (unpaired) electrons. The fraction of sp³-hybridized carbons (Fsp3) is 0.300. The summed E-state index contributed by atoms with van der Waals surface area (Å²) in [5.74, 6) is -1.01. The molecule has 0 saturated carbocycles. The molecule has 1 aromatic rings. The Morgan fingerprint density at radius 3 is 2.47 bits per heavy atom. The Balaban J connectivity index is 2.95. The lowest BCUT2D eigenvalue weighted by Gasteiger charge is -2.15. The zero-order valence-electron chi connectivity index (χ0n) is 9.87. The molecular weight excluding hydrogens is 274 g/mol. The summed E-state index contributed by atoms with van der Waals surface area (Å²) >= 11 is 0. The van der Waals surface area contributed by atoms with Crippen LogP contribution in [0.2, 0.25) is 0 Å². The largest absolute Gasteiger partial charge is 0.426 e. The number of nitrogens with zero attached hydrogens (tertiary/aromatic N) is 3. The van der Waals surface area contributed by atoms with Gasteiger partial charge in [-0.15, -0.1) is 0 Å². The lowest BCUT2D eigenvalue weighted by molar-refractivity contribution is -0.137. The third-order valence-corrected chi connectivity index (χ3v) is 3.22. The van der Waals surface area contributed by atoms with Crippen LogP contribution in [0.3, 0.4) is 0 Å². The monoisotopic (exact) mass is 285 g/mol. The highest BCUT2D eigenvalue weighted by atomic mass is 32.2. The summed E-state index contributed by atoms with van der Waals surface area (Å²) in [5, 5.41) is 12.4. The number of rotatable bonds is 5. The first-order valence-corrected chi connectivity index (χ1v) is 6.99. The van der Waals surface area contributed by atoms with Crippen LogP contribution in [0.4, 0.5) is 0 Å². The number of carbonyl (C=O) groups excluding carboxylic acids is 1. The average Bonchev–Trinajstić information content (AvgIpc) is 2.35. The van der Waals surface area contributed by atoms with Gasteiger partial charge in [0.25, 0.3) is 0 Å². The number of hydrogen-bond acceptors (Lipinski definition) is 6. The van der Waals surface area contributed by atoms with Gasteiger partial charge in [0.15, 0.2) is 21.3 Å². The second-order valence-electron chi connectivity index (χ2n) is 3.60. The number of hydrogen-bond donors (Lipinski definition) is 1. The van der Waals surface area contributed by atoms with Crippen molar-refractivity contribution in [2.24, 2.45) is 5.11 Å². The summed E-state index contributed by atoms with van der Waals surface area (Å²) in [6, 6.07) is 5.93. The third kappa shape index (κ3) is 4.25. The van der Waals surface area contributed by atoms with Gasteiger partial charge in [0.05, 0.1) is 0 Å². The summed E-state index contributed by atoms with van der Waals surface area (Å²) in [6.07, 6.45) is 0.716. The number of aliphatic hydroxyl groups is 1. The summed E-state index contributed by atoms with van der Waals surface area (Å²) < 4.78 is 27.1. The molecule has 8 nitrogen and oxygen atoms in total. The second-order valence-corrected chi connectivity index (χ2v) is 5.75. The Kier molecular flexibility index (Phi) is 4.87. The van der Waals surface area contributed by atoms with E-state index in [-0.39, 0.29) is 5.75 Å². The molecule has 0 amide bonds. The van der Waals surface area contributed by atoms with Crippen LogP contribution in [-0.4, -0.2) is 37.2 Å². The molecule has 0 saturated heterocycles. The van der Waals surface area contributed by atoms with Gasteiger partial charge in [0, 0.05) is 11.2 Å². The first-order valence-electron chi connectivity index (χ1n) is 5.04. The molecule has 0 aromatic heterocycles. The molecule has 9 heteroatoms. The standard InChI is InChI=1S/C10H11N3O5S/c1-19(16,17)10(15)8(12-13-11)9(14)18-7-5-3-2-4-6-7/h2-6,8,10,15H,1H3/t8-,10+/m0/s1. The first kappa shape index (κ1) is 15.0. The minimum atomic E-state index is -3.97. The van der Waals surface area contributed by atoms with E-state index in [2.05, 4.69) is 10.0 Å². The fourth-order valence-electron chi connectivity index (χ4n) is 1.18. The highest BCUT2D eigenvalue weighted by Gasteiger charge is 2.34. The molecule has 1 N–H and O–H groups in total. The van der Waals surface area contributed by atoms with E-state index in [1.807, 2.05) is 0 Å². The Morgan fingerprint density at radius 2 is 2.00 bits per heavy atom. The summed E-state index contributed by atoms with van der Waals surface area (Å²) in [7, 11) is -3.97. The molecule has 0 aliphatic carbocycles. The van der Waals surface area contributed by atoms with E-state index in [4.69, 9.17) is 10.3 Å². The number of ether oxygens (including phenoxy) is 1. The summed E-state index contributed by atoms with van der Waals surface area (Å²) in [5.41, 5.74) is 6.16. The van der Waals surface area contributed by atoms with Crippen molar-refractivity contribution in [3.63, 3.8) is 0 Å². The van der Waals surface area contributed by atoms with Crippen LogP contribution in [0.1, 0.15) is 0 Å². The Bertz CT molecular complexity index is 595. The van der Waals surface area contributed by atoms with Crippen LogP contribution in [0.5, 0.6) is 5.75 Å². The highest BCUT2D eigenvalue weighted by Crippen LogP contribution is 2.13. The van der Waals surface area contributed by atoms with Crippen LogP contribution < -0.4 is 4.74 Å². The quantitative estimate of drug-likeness (QED) is 0.279. The van der Waals surface area contributed by atoms with Crippen molar-refractivity contribution in [3.05, 3.63) is 40.8 Å². The van der Waals surface area contributed by atoms with Crippen molar-refractivity contribution in [1.29, 1.82) is 0 Å². The van der Waals surface area contributed by atoms with E-state index in [1.165, 1.54) is 12.1 Å². The van der Waals surface area contributed by atoms with Crippen LogP contribution in [0, 0.1) is 0 Å². The Labute approximate surface area is 109 Å². The average molecular weight is 285 g/mol. The van der Waals surface area contributed by atoms with E-state index < -0.39 is 27.3 Å². The van der Waals surface area contributed by atoms with Crippen molar-refractivity contribution in [3.8, 4) is 5.75 Å². The molecule has 0 fully saturated rings. The fourth-order valence-corrected chi connectivity index (χ4v) is 1.81. The third-order valence-electron chi connectivity index (χ3n) is 2.09. The normalized spacial score (nSPS) is 14.0. The van der Waals surface area contributed by atoms with Gasteiger partial charge in [-0.1, -0.05) is 23.3 Å². The van der Waals surface area contributed by atoms with Crippen LogP contribution in [0.25, 0.3) is 10.4 Å². The van der Waals surface area contributed by atoms with Crippen LogP contribution >= 0.6 is 0 Å². The van der Waals surface area contributed by atoms with Gasteiger partial charge >= 0.3 is 5.97 Å². The van der Waals surface area contributed by atoms with Crippen LogP contribution in [0.15, 0.2) is 35.4 Å². The predicted octanol–water partition coefficient (Wildman–Crippen LogP) is 0.634. The molecule has 0 aliphatic rings. The van der Waals surface area contributed by atoms with Gasteiger partial charge in [0.1, 0.15) is 5.75 Å². The summed E-state index contributed by atoms with van der Waals surface area (Å²) in [4.78, 5) is 14.0. The van der Waals surface area contributed by atoms with Crippen LogP contribution in [-0.2, 0) is 14.6 Å². The molecule has 0 heterocycles. The smallest absolute Gasteiger partial charge is 0.324 e. The van der Waals surface area contributed by atoms with Crippen molar-refractivity contribution < 1.29 is 23.1 Å². The number of azide groups is 1. The lowest BCUT2D eigenvalue weighted by Crippen LogP contribution is -2.40. The molecule has 0 spiro atoms. The topological polar surface area (TPSA) is 129 Å². The maximum atomic E-state index is 11.7. The van der Waals surface area contributed by atoms with Gasteiger partial charge in [-0.25, -0.2) is 8.42 Å². The predicted molar refractivity (Wildman–Crippen MR) is 65.9 cm³/mol. The maximum absolute atomic E-state index is 11.7. The van der Waals surface area contributed by atoms with Gasteiger partial charge < -0.3 is 9.84 Å². The Morgan fingerprint density at radius 1 is 1.42 bits per heavy atom. The van der Waals surface area contributed by atoms with Gasteiger partial charge in [-0.3, -0.25) is 4.79 Å². The van der Waals surface area contributed by atoms with Crippen molar-refractivity contribution in [1.82, 2.24) is 0 Å². The van der Waals surface area contributed by atoms with E-state index in [0.29, 0.717) is 6.26 Å². The van der Waals surface area contributed by atoms with Crippen molar-refractivity contribution in [2.45, 2.75) is 11.5 Å². The number of aliphatic hydroxyl groups excluding tert-OH is 1. The molecule has 0 unspecified atom stereocenters. The number of sulfone groups is 1. The van der Waals surface area contributed by atoms with E-state index in [9.17, 15) is 18.3 Å². The molecule has 19 heavy (non-hydrogen) atoms. The SMILES string of the molecule is CS(=O)(=O)[C@@H](O)[C@@H](N=[N+]=[N-])C(=O)Oc1ccccc1. The van der Waals surface area contributed by atoms with Gasteiger partial charge in [-0.2, -0.15) is 0 Å². The van der Waals surface area contributed by atoms with Gasteiger partial charge in [-0.05, 0) is 17.7 Å². The second kappa shape index (κ2) is 6.19. The maximum Gasteiger partial charge on any atom is 0.324 e. The van der Waals surface area contributed by atoms with Gasteiger partial charge in [0.2, 0.25) is 0 Å². The molecule has 0 bridgehead atoms. The molecule has 2 atom stereocenters. The summed E-state index contributed by atoms with van der Waals surface area (Å²) in [6.45, 7) is 0. The number of carbonyl (C=O) groups is 1. The minimum absolute atomic E-state index is 0.145. The molecule has 1 aromatic carbocycles. The number of benzene rings is 1. The number of esters is 1. The number of para-hydroxylation sites is 1. The van der Waals surface area contributed by atoms with Crippen molar-refractivity contribution >= 4 is 15.8 Å². The highest BCUT2D eigenvalue weighted by molar-refractivity contribution is 7.91. The molecule has 0 aliphatic heterocycles. The minimum Gasteiger partial charge on any atom is -0.426 e. The molecule has 1 rings (SSSR count). The lowest BCUT2D eigenvalue weighted by atomic mass is 10.3.